The third-order valence-corrected chi connectivity index (χ3v) is 3.80. The van der Waals surface area contributed by atoms with Crippen LogP contribution in [0.2, 0.25) is 0 Å². The zero-order chi connectivity index (χ0) is 15.4. The first kappa shape index (κ1) is 16.1. The fraction of sp³-hybridized carbons (Fsp3) is 0.467. The molecule has 1 aromatic carbocycles. The summed E-state index contributed by atoms with van der Waals surface area (Å²) < 4.78 is 16.8. The molecule has 1 N–H and O–H groups in total. The summed E-state index contributed by atoms with van der Waals surface area (Å²) in [6.07, 6.45) is 2.15. The van der Waals surface area contributed by atoms with Crippen molar-refractivity contribution in [3.8, 4) is 0 Å². The van der Waals surface area contributed by atoms with E-state index in [0.717, 1.165) is 16.8 Å². The van der Waals surface area contributed by atoms with Gasteiger partial charge < -0.3 is 5.32 Å². The molecule has 21 heavy (non-hydrogen) atoms. The second-order valence-corrected chi connectivity index (χ2v) is 6.38. The Morgan fingerprint density at radius 1 is 1.38 bits per heavy atom. The molecule has 114 valence electrons. The molecule has 6 heteroatoms. The lowest BCUT2D eigenvalue weighted by Crippen LogP contribution is -2.23. The average Bonchev–Trinajstić information content (AvgIpc) is 2.85. The van der Waals surface area contributed by atoms with Gasteiger partial charge >= 0.3 is 0 Å². The second kappa shape index (κ2) is 7.13. The highest BCUT2D eigenvalue weighted by Gasteiger charge is 2.18. The van der Waals surface area contributed by atoms with Gasteiger partial charge in [-0.25, -0.2) is 14.1 Å². The molecule has 0 bridgehead atoms. The van der Waals surface area contributed by atoms with Gasteiger partial charge in [-0.3, -0.25) is 0 Å². The van der Waals surface area contributed by atoms with E-state index in [9.17, 15) is 4.39 Å². The largest absolute Gasteiger partial charge is 0.313 e. The molecule has 1 heterocycles. The van der Waals surface area contributed by atoms with Crippen LogP contribution in [-0.2, 0) is 13.0 Å². The maximum atomic E-state index is 14.0. The quantitative estimate of drug-likeness (QED) is 0.864. The molecule has 0 aliphatic carbocycles. The van der Waals surface area contributed by atoms with Gasteiger partial charge in [-0.1, -0.05) is 29.8 Å². The summed E-state index contributed by atoms with van der Waals surface area (Å²) in [7, 11) is 1.83. The van der Waals surface area contributed by atoms with Gasteiger partial charge in [0.2, 0.25) is 0 Å². The van der Waals surface area contributed by atoms with Gasteiger partial charge in [0.1, 0.15) is 18.0 Å². The van der Waals surface area contributed by atoms with E-state index >= 15 is 0 Å². The third kappa shape index (κ3) is 4.11. The molecule has 0 aliphatic heterocycles. The highest BCUT2D eigenvalue weighted by Crippen LogP contribution is 2.24. The SMILES string of the molecule is CNC(Cc1ncnn1CC(C)C)c1cc(Br)ccc1F. The topological polar surface area (TPSA) is 42.7 Å². The van der Waals surface area contributed by atoms with Gasteiger partial charge in [-0.05, 0) is 31.2 Å². The lowest BCUT2D eigenvalue weighted by atomic mass is 10.0. The van der Waals surface area contributed by atoms with Gasteiger partial charge in [0.15, 0.2) is 0 Å². The number of likely N-dealkylation sites (N-methyl/N-ethyl adjacent to an activating group) is 1. The summed E-state index contributed by atoms with van der Waals surface area (Å²) in [4.78, 5) is 4.31. The zero-order valence-electron chi connectivity index (χ0n) is 12.5. The van der Waals surface area contributed by atoms with Crippen LogP contribution < -0.4 is 5.32 Å². The van der Waals surface area contributed by atoms with E-state index < -0.39 is 0 Å². The van der Waals surface area contributed by atoms with E-state index in [1.807, 2.05) is 11.7 Å². The second-order valence-electron chi connectivity index (χ2n) is 5.46. The van der Waals surface area contributed by atoms with Crippen molar-refractivity contribution in [3.05, 3.63) is 46.2 Å². The standard InChI is InChI=1S/C15H20BrFN4/c1-10(2)8-21-15(19-9-20-21)7-14(18-3)12-6-11(16)4-5-13(12)17/h4-6,9-10,14,18H,7-8H2,1-3H3. The first-order valence-electron chi connectivity index (χ1n) is 7.00. The summed E-state index contributed by atoms with van der Waals surface area (Å²) in [6.45, 7) is 5.08. The molecule has 1 atom stereocenters. The van der Waals surface area contributed by atoms with Crippen LogP contribution in [0, 0.1) is 11.7 Å². The van der Waals surface area contributed by atoms with Crippen LogP contribution in [0.1, 0.15) is 31.3 Å². The molecular weight excluding hydrogens is 335 g/mol. The predicted octanol–water partition coefficient (Wildman–Crippen LogP) is 3.34. The molecule has 1 unspecified atom stereocenters. The predicted molar refractivity (Wildman–Crippen MR) is 84.5 cm³/mol. The van der Waals surface area contributed by atoms with Crippen LogP contribution in [0.3, 0.4) is 0 Å². The van der Waals surface area contributed by atoms with Crippen molar-refractivity contribution < 1.29 is 4.39 Å². The Morgan fingerprint density at radius 2 is 2.14 bits per heavy atom. The van der Waals surface area contributed by atoms with Gasteiger partial charge in [0.05, 0.1) is 0 Å². The van der Waals surface area contributed by atoms with Crippen molar-refractivity contribution in [2.75, 3.05) is 7.05 Å². The molecule has 4 nitrogen and oxygen atoms in total. The summed E-state index contributed by atoms with van der Waals surface area (Å²) in [6, 6.07) is 4.84. The van der Waals surface area contributed by atoms with Gasteiger partial charge in [0.25, 0.3) is 0 Å². The lowest BCUT2D eigenvalue weighted by molar-refractivity contribution is 0.447. The molecule has 0 radical (unpaired) electrons. The summed E-state index contributed by atoms with van der Waals surface area (Å²) in [5.74, 6) is 1.14. The Hall–Kier alpha value is -1.27. The summed E-state index contributed by atoms with van der Waals surface area (Å²) in [5.41, 5.74) is 0.631. The number of hydrogen-bond donors (Lipinski definition) is 1. The molecule has 2 aromatic rings. The molecule has 0 aliphatic rings. The average molecular weight is 355 g/mol. The fourth-order valence-electron chi connectivity index (χ4n) is 2.28. The maximum Gasteiger partial charge on any atom is 0.138 e. The zero-order valence-corrected chi connectivity index (χ0v) is 14.1. The van der Waals surface area contributed by atoms with Crippen molar-refractivity contribution in [1.29, 1.82) is 0 Å². The molecule has 0 spiro atoms. The number of nitrogens with one attached hydrogen (secondary N) is 1. The molecule has 2 rings (SSSR count). The minimum atomic E-state index is -0.215. The Balaban J connectivity index is 2.23. The van der Waals surface area contributed by atoms with Crippen molar-refractivity contribution in [2.24, 2.45) is 5.92 Å². The number of aromatic nitrogens is 3. The van der Waals surface area contributed by atoms with Gasteiger partial charge in [0, 0.05) is 29.0 Å². The maximum absolute atomic E-state index is 14.0. The number of hydrogen-bond acceptors (Lipinski definition) is 3. The number of halogens is 2. The summed E-state index contributed by atoms with van der Waals surface area (Å²) >= 11 is 3.39. The van der Waals surface area contributed by atoms with Crippen molar-refractivity contribution >= 4 is 15.9 Å². The Bertz CT molecular complexity index is 597. The Labute approximate surface area is 132 Å². The molecule has 0 saturated carbocycles. The van der Waals surface area contributed by atoms with E-state index in [-0.39, 0.29) is 11.9 Å². The van der Waals surface area contributed by atoms with E-state index in [0.29, 0.717) is 17.9 Å². The Morgan fingerprint density at radius 3 is 2.81 bits per heavy atom. The highest BCUT2D eigenvalue weighted by atomic mass is 79.9. The normalized spacial score (nSPS) is 12.9. The van der Waals surface area contributed by atoms with Crippen molar-refractivity contribution in [1.82, 2.24) is 20.1 Å². The first-order valence-corrected chi connectivity index (χ1v) is 7.79. The van der Waals surface area contributed by atoms with Gasteiger partial charge in [-0.15, -0.1) is 0 Å². The van der Waals surface area contributed by atoms with Gasteiger partial charge in [-0.2, -0.15) is 5.10 Å². The van der Waals surface area contributed by atoms with E-state index in [1.165, 1.54) is 6.07 Å². The van der Waals surface area contributed by atoms with Crippen molar-refractivity contribution in [2.45, 2.75) is 32.9 Å². The van der Waals surface area contributed by atoms with Crippen LogP contribution in [0.5, 0.6) is 0 Å². The number of rotatable bonds is 6. The molecule has 0 saturated heterocycles. The highest BCUT2D eigenvalue weighted by molar-refractivity contribution is 9.10. The molecule has 0 fully saturated rings. The minimum absolute atomic E-state index is 0.141. The Kier molecular flexibility index (Phi) is 5.47. The lowest BCUT2D eigenvalue weighted by Gasteiger charge is -2.18. The molecular formula is C15H20BrFN4. The monoisotopic (exact) mass is 354 g/mol. The van der Waals surface area contributed by atoms with E-state index in [1.54, 1.807) is 18.5 Å². The van der Waals surface area contributed by atoms with Crippen molar-refractivity contribution in [3.63, 3.8) is 0 Å². The molecule has 0 amide bonds. The first-order chi connectivity index (χ1) is 10.0. The number of nitrogens with zero attached hydrogens (tertiary/aromatic N) is 3. The molecule has 1 aromatic heterocycles. The van der Waals surface area contributed by atoms with Crippen LogP contribution in [0.25, 0.3) is 0 Å². The van der Waals surface area contributed by atoms with E-state index in [2.05, 4.69) is 45.2 Å². The number of benzene rings is 1. The van der Waals surface area contributed by atoms with E-state index in [4.69, 9.17) is 0 Å². The fourth-order valence-corrected chi connectivity index (χ4v) is 2.66. The smallest absolute Gasteiger partial charge is 0.138 e. The van der Waals surface area contributed by atoms with Crippen LogP contribution in [-0.4, -0.2) is 21.8 Å². The van der Waals surface area contributed by atoms with Crippen LogP contribution in [0.15, 0.2) is 29.0 Å². The summed E-state index contributed by atoms with van der Waals surface area (Å²) in [5, 5.41) is 7.42. The minimum Gasteiger partial charge on any atom is -0.313 e. The van der Waals surface area contributed by atoms with Crippen LogP contribution in [0.4, 0.5) is 4.39 Å². The van der Waals surface area contributed by atoms with Crippen LogP contribution >= 0.6 is 15.9 Å². The third-order valence-electron chi connectivity index (χ3n) is 3.30.